The number of fused-ring (bicyclic) bond motifs is 1. The molecule has 0 fully saturated rings. The second-order valence-corrected chi connectivity index (χ2v) is 4.82. The Morgan fingerprint density at radius 1 is 0.941 bits per heavy atom. The average molecular weight is 223 g/mol. The molecule has 0 saturated carbocycles. The van der Waals surface area contributed by atoms with Crippen molar-refractivity contribution in [2.24, 2.45) is 0 Å². The van der Waals surface area contributed by atoms with Gasteiger partial charge in [0.1, 0.15) is 0 Å². The van der Waals surface area contributed by atoms with E-state index in [4.69, 9.17) is 0 Å². The molecule has 1 heterocycles. The number of rotatable bonds is 1. The first kappa shape index (κ1) is 10.5. The van der Waals surface area contributed by atoms with E-state index in [1.54, 1.807) is 0 Å². The first-order valence-corrected chi connectivity index (χ1v) is 6.20. The van der Waals surface area contributed by atoms with Gasteiger partial charge in [-0.3, -0.25) is 0 Å². The number of hydrogen-bond acceptors (Lipinski definition) is 1. The van der Waals surface area contributed by atoms with Crippen LogP contribution >= 0.6 is 0 Å². The minimum Gasteiger partial charge on any atom is -0.304 e. The third-order valence-corrected chi connectivity index (χ3v) is 3.78. The van der Waals surface area contributed by atoms with Gasteiger partial charge in [-0.2, -0.15) is 0 Å². The summed E-state index contributed by atoms with van der Waals surface area (Å²) in [5.41, 5.74) is 4.18. The Hall–Kier alpha value is -1.60. The summed E-state index contributed by atoms with van der Waals surface area (Å²) in [6.07, 6.45) is 1.12. The van der Waals surface area contributed by atoms with Crippen molar-refractivity contribution in [2.75, 3.05) is 6.54 Å². The summed E-state index contributed by atoms with van der Waals surface area (Å²) in [7, 11) is 0. The van der Waals surface area contributed by atoms with E-state index in [0.29, 0.717) is 0 Å². The van der Waals surface area contributed by atoms with E-state index in [2.05, 4.69) is 66.8 Å². The van der Waals surface area contributed by atoms with E-state index >= 15 is 0 Å². The molecule has 0 radical (unpaired) electrons. The monoisotopic (exact) mass is 223 g/mol. The summed E-state index contributed by atoms with van der Waals surface area (Å²) >= 11 is 0. The maximum atomic E-state index is 3.67. The van der Waals surface area contributed by atoms with Crippen LogP contribution in [0.15, 0.2) is 54.6 Å². The minimum atomic E-state index is -0.0455. The predicted octanol–water partition coefficient (Wildman–Crippen LogP) is 3.10. The number of nitrogens with one attached hydrogen (secondary N) is 1. The van der Waals surface area contributed by atoms with Crippen LogP contribution in [-0.2, 0) is 12.0 Å². The summed E-state index contributed by atoms with van der Waals surface area (Å²) < 4.78 is 0. The average Bonchev–Trinajstić information content (AvgIpc) is 2.40. The maximum absolute atomic E-state index is 3.67. The van der Waals surface area contributed by atoms with E-state index in [1.165, 1.54) is 16.7 Å². The maximum Gasteiger partial charge on any atom is 0.0664 e. The Bertz CT molecular complexity index is 518. The van der Waals surface area contributed by atoms with Crippen molar-refractivity contribution in [1.82, 2.24) is 5.32 Å². The van der Waals surface area contributed by atoms with Gasteiger partial charge >= 0.3 is 0 Å². The fourth-order valence-electron chi connectivity index (χ4n) is 2.80. The predicted molar refractivity (Wildman–Crippen MR) is 71.0 cm³/mol. The van der Waals surface area contributed by atoms with Gasteiger partial charge in [-0.1, -0.05) is 54.6 Å². The molecule has 1 aliphatic rings. The summed E-state index contributed by atoms with van der Waals surface area (Å²) in [5, 5.41) is 3.67. The van der Waals surface area contributed by atoms with Gasteiger partial charge in [-0.15, -0.1) is 0 Å². The highest BCUT2D eigenvalue weighted by Crippen LogP contribution is 2.34. The highest BCUT2D eigenvalue weighted by atomic mass is 15.0. The SMILES string of the molecule is CC1(c2ccccc2)NCCc2ccccc21. The Morgan fingerprint density at radius 2 is 1.65 bits per heavy atom. The highest BCUT2D eigenvalue weighted by Gasteiger charge is 2.32. The molecule has 17 heavy (non-hydrogen) atoms. The van der Waals surface area contributed by atoms with Crippen molar-refractivity contribution in [2.45, 2.75) is 18.9 Å². The fourth-order valence-corrected chi connectivity index (χ4v) is 2.80. The molecule has 0 aromatic heterocycles. The molecule has 1 N–H and O–H groups in total. The van der Waals surface area contributed by atoms with Gasteiger partial charge < -0.3 is 5.32 Å². The van der Waals surface area contributed by atoms with Crippen molar-refractivity contribution < 1.29 is 0 Å². The fraction of sp³-hybridized carbons (Fsp3) is 0.250. The third-order valence-electron chi connectivity index (χ3n) is 3.78. The molecular weight excluding hydrogens is 206 g/mol. The molecule has 2 aromatic rings. The van der Waals surface area contributed by atoms with Gasteiger partial charge in [0.2, 0.25) is 0 Å². The summed E-state index contributed by atoms with van der Waals surface area (Å²) in [6.45, 7) is 3.32. The Kier molecular flexibility index (Phi) is 2.49. The van der Waals surface area contributed by atoms with Crippen LogP contribution in [0.2, 0.25) is 0 Å². The van der Waals surface area contributed by atoms with Crippen LogP contribution in [0.5, 0.6) is 0 Å². The third kappa shape index (κ3) is 1.67. The topological polar surface area (TPSA) is 12.0 Å². The lowest BCUT2D eigenvalue weighted by Crippen LogP contribution is -2.45. The lowest BCUT2D eigenvalue weighted by atomic mass is 9.79. The van der Waals surface area contributed by atoms with E-state index < -0.39 is 0 Å². The molecule has 2 aromatic carbocycles. The van der Waals surface area contributed by atoms with Gasteiger partial charge in [0.05, 0.1) is 5.54 Å². The van der Waals surface area contributed by atoms with Gasteiger partial charge in [0.25, 0.3) is 0 Å². The smallest absolute Gasteiger partial charge is 0.0664 e. The molecule has 1 unspecified atom stereocenters. The van der Waals surface area contributed by atoms with Crippen molar-refractivity contribution in [3.63, 3.8) is 0 Å². The van der Waals surface area contributed by atoms with E-state index in [-0.39, 0.29) is 5.54 Å². The molecule has 86 valence electrons. The number of benzene rings is 2. The molecule has 1 nitrogen and oxygen atoms in total. The molecule has 1 aliphatic heterocycles. The molecule has 0 spiro atoms. The van der Waals surface area contributed by atoms with Crippen LogP contribution in [0.3, 0.4) is 0 Å². The molecular formula is C16H17N. The number of hydrogen-bond donors (Lipinski definition) is 1. The normalized spacial score (nSPS) is 23.1. The quantitative estimate of drug-likeness (QED) is 0.783. The van der Waals surface area contributed by atoms with Crippen molar-refractivity contribution in [3.8, 4) is 0 Å². The van der Waals surface area contributed by atoms with Gasteiger partial charge in [0, 0.05) is 6.54 Å². The Labute approximate surface area is 102 Å². The van der Waals surface area contributed by atoms with E-state index in [0.717, 1.165) is 13.0 Å². The minimum absolute atomic E-state index is 0.0455. The van der Waals surface area contributed by atoms with Crippen LogP contribution < -0.4 is 5.32 Å². The second-order valence-electron chi connectivity index (χ2n) is 4.82. The molecule has 3 rings (SSSR count). The van der Waals surface area contributed by atoms with Gasteiger partial charge in [0.15, 0.2) is 0 Å². The molecule has 1 heteroatoms. The highest BCUT2D eigenvalue weighted by molar-refractivity contribution is 5.44. The zero-order valence-electron chi connectivity index (χ0n) is 10.1. The summed E-state index contributed by atoms with van der Waals surface area (Å²) in [4.78, 5) is 0. The molecule has 0 bridgehead atoms. The van der Waals surface area contributed by atoms with Crippen LogP contribution in [-0.4, -0.2) is 6.54 Å². The van der Waals surface area contributed by atoms with Crippen LogP contribution in [0, 0.1) is 0 Å². The first-order valence-electron chi connectivity index (χ1n) is 6.20. The summed E-state index contributed by atoms with van der Waals surface area (Å²) in [6, 6.07) is 19.5. The van der Waals surface area contributed by atoms with Crippen LogP contribution in [0.1, 0.15) is 23.6 Å². The van der Waals surface area contributed by atoms with Gasteiger partial charge in [-0.25, -0.2) is 0 Å². The molecule has 0 amide bonds. The van der Waals surface area contributed by atoms with Crippen molar-refractivity contribution in [3.05, 3.63) is 71.3 Å². The lowest BCUT2D eigenvalue weighted by Gasteiger charge is -2.37. The van der Waals surface area contributed by atoms with Crippen molar-refractivity contribution in [1.29, 1.82) is 0 Å². The molecule has 0 aliphatic carbocycles. The molecule has 0 saturated heterocycles. The zero-order chi connectivity index (χ0) is 11.7. The van der Waals surface area contributed by atoms with Gasteiger partial charge in [-0.05, 0) is 30.0 Å². The summed E-state index contributed by atoms with van der Waals surface area (Å²) in [5.74, 6) is 0. The lowest BCUT2D eigenvalue weighted by molar-refractivity contribution is 0.415. The Balaban J connectivity index is 2.16. The molecule has 1 atom stereocenters. The zero-order valence-corrected chi connectivity index (χ0v) is 10.1. The van der Waals surface area contributed by atoms with Crippen LogP contribution in [0.4, 0.5) is 0 Å². The first-order chi connectivity index (χ1) is 8.31. The standard InChI is InChI=1S/C16H17N/c1-16(14-8-3-2-4-9-14)15-10-6-5-7-13(15)11-12-17-16/h2-10,17H,11-12H2,1H3. The van der Waals surface area contributed by atoms with E-state index in [1.807, 2.05) is 0 Å². The van der Waals surface area contributed by atoms with Crippen molar-refractivity contribution >= 4 is 0 Å². The Morgan fingerprint density at radius 3 is 2.47 bits per heavy atom. The van der Waals surface area contributed by atoms with Crippen LogP contribution in [0.25, 0.3) is 0 Å². The van der Waals surface area contributed by atoms with E-state index in [9.17, 15) is 0 Å². The largest absolute Gasteiger partial charge is 0.304 e. The second kappa shape index (κ2) is 4.01.